The van der Waals surface area contributed by atoms with Gasteiger partial charge in [-0.05, 0) is 62.6 Å². The Labute approximate surface area is 172 Å². The van der Waals surface area contributed by atoms with Crippen LogP contribution in [-0.2, 0) is 11.3 Å². The number of carbonyl (C=O) groups is 1. The smallest absolute Gasteiger partial charge is 0.261 e. The number of aryl methyl sites for hydroxylation is 2. The Kier molecular flexibility index (Phi) is 6.14. The fourth-order valence-electron chi connectivity index (χ4n) is 2.75. The van der Waals surface area contributed by atoms with Gasteiger partial charge in [-0.1, -0.05) is 39.3 Å². The predicted octanol–water partition coefficient (Wildman–Crippen LogP) is 4.51. The van der Waals surface area contributed by atoms with Crippen LogP contribution in [-0.4, -0.2) is 22.2 Å². The molecule has 0 saturated heterocycles. The number of aromatic nitrogens is 2. The van der Waals surface area contributed by atoms with E-state index in [2.05, 4.69) is 37.5 Å². The molecule has 1 aromatic heterocycles. The van der Waals surface area contributed by atoms with E-state index in [4.69, 9.17) is 9.26 Å². The number of hydrogen-bond acceptors (Lipinski definition) is 5. The Morgan fingerprint density at radius 1 is 1.25 bits per heavy atom. The molecule has 0 fully saturated rings. The van der Waals surface area contributed by atoms with Crippen molar-refractivity contribution in [2.24, 2.45) is 0 Å². The lowest BCUT2D eigenvalue weighted by Crippen LogP contribution is -2.36. The topological polar surface area (TPSA) is 77.2 Å². The maximum atomic E-state index is 12.4. The zero-order chi connectivity index (χ0) is 20.3. The number of benzene rings is 2. The van der Waals surface area contributed by atoms with Crippen LogP contribution in [0.25, 0.3) is 11.4 Å². The molecule has 3 rings (SSSR count). The third-order valence-corrected chi connectivity index (χ3v) is 4.90. The van der Waals surface area contributed by atoms with Crippen LogP contribution in [0.2, 0.25) is 0 Å². The SMILES string of the molecule is Cc1cc(C)c(C)c(OC(C)C(=O)NCc2nc(-c3cccc(Br)c3)no2)c1. The number of rotatable bonds is 6. The minimum Gasteiger partial charge on any atom is -0.481 e. The normalized spacial score (nSPS) is 11.9. The van der Waals surface area contributed by atoms with Gasteiger partial charge in [0, 0.05) is 10.0 Å². The van der Waals surface area contributed by atoms with Crippen molar-refractivity contribution >= 4 is 21.8 Å². The predicted molar refractivity (Wildman–Crippen MR) is 110 cm³/mol. The lowest BCUT2D eigenvalue weighted by atomic mass is 10.1. The number of nitrogens with zero attached hydrogens (tertiary/aromatic N) is 2. The van der Waals surface area contributed by atoms with Crippen LogP contribution in [0.15, 0.2) is 45.4 Å². The summed E-state index contributed by atoms with van der Waals surface area (Å²) in [5, 5.41) is 6.73. The first-order valence-electron chi connectivity index (χ1n) is 8.94. The summed E-state index contributed by atoms with van der Waals surface area (Å²) in [5.41, 5.74) is 4.09. The molecule has 28 heavy (non-hydrogen) atoms. The third kappa shape index (κ3) is 4.78. The average Bonchev–Trinajstić information content (AvgIpc) is 3.12. The van der Waals surface area contributed by atoms with Crippen molar-refractivity contribution in [3.05, 3.63) is 63.5 Å². The molecule has 2 aromatic carbocycles. The van der Waals surface area contributed by atoms with Crippen molar-refractivity contribution in [1.82, 2.24) is 15.5 Å². The van der Waals surface area contributed by atoms with Gasteiger partial charge >= 0.3 is 0 Å². The fourth-order valence-corrected chi connectivity index (χ4v) is 3.14. The number of nitrogens with one attached hydrogen (secondary N) is 1. The average molecular weight is 444 g/mol. The van der Waals surface area contributed by atoms with Crippen LogP contribution in [0.4, 0.5) is 0 Å². The maximum Gasteiger partial charge on any atom is 0.261 e. The van der Waals surface area contributed by atoms with Gasteiger partial charge in [0.2, 0.25) is 11.7 Å². The second-order valence-electron chi connectivity index (χ2n) is 6.70. The van der Waals surface area contributed by atoms with Gasteiger partial charge in [0.15, 0.2) is 6.10 Å². The van der Waals surface area contributed by atoms with Crippen LogP contribution in [0.3, 0.4) is 0 Å². The monoisotopic (exact) mass is 443 g/mol. The number of amides is 1. The first-order valence-corrected chi connectivity index (χ1v) is 9.73. The molecule has 0 spiro atoms. The molecule has 0 bridgehead atoms. The highest BCUT2D eigenvalue weighted by molar-refractivity contribution is 9.10. The molecule has 146 valence electrons. The number of carbonyl (C=O) groups excluding carboxylic acids is 1. The second kappa shape index (κ2) is 8.56. The molecule has 0 radical (unpaired) electrons. The minimum absolute atomic E-state index is 0.138. The van der Waals surface area contributed by atoms with Gasteiger partial charge in [-0.15, -0.1) is 0 Å². The van der Waals surface area contributed by atoms with E-state index in [1.165, 1.54) is 0 Å². The van der Waals surface area contributed by atoms with Crippen LogP contribution < -0.4 is 10.1 Å². The van der Waals surface area contributed by atoms with Gasteiger partial charge in [0.25, 0.3) is 5.91 Å². The number of hydrogen-bond donors (Lipinski definition) is 1. The Balaban J connectivity index is 1.60. The van der Waals surface area contributed by atoms with Gasteiger partial charge in [-0.25, -0.2) is 0 Å². The van der Waals surface area contributed by atoms with Crippen LogP contribution in [0.5, 0.6) is 5.75 Å². The van der Waals surface area contributed by atoms with E-state index in [1.807, 2.05) is 51.1 Å². The summed E-state index contributed by atoms with van der Waals surface area (Å²) >= 11 is 3.42. The van der Waals surface area contributed by atoms with Gasteiger partial charge < -0.3 is 14.6 Å². The summed E-state index contributed by atoms with van der Waals surface area (Å²) in [6, 6.07) is 11.6. The molecule has 3 aromatic rings. The molecule has 0 saturated carbocycles. The highest BCUT2D eigenvalue weighted by Crippen LogP contribution is 2.24. The highest BCUT2D eigenvalue weighted by atomic mass is 79.9. The summed E-state index contributed by atoms with van der Waals surface area (Å²) in [5.74, 6) is 1.27. The van der Waals surface area contributed by atoms with Gasteiger partial charge in [-0.3, -0.25) is 4.79 Å². The van der Waals surface area contributed by atoms with Crippen molar-refractivity contribution in [2.45, 2.75) is 40.3 Å². The van der Waals surface area contributed by atoms with Crippen molar-refractivity contribution < 1.29 is 14.1 Å². The Hall–Kier alpha value is -2.67. The van der Waals surface area contributed by atoms with E-state index in [9.17, 15) is 4.79 Å². The minimum atomic E-state index is -0.646. The molecule has 1 unspecified atom stereocenters. The second-order valence-corrected chi connectivity index (χ2v) is 7.62. The van der Waals surface area contributed by atoms with E-state index < -0.39 is 6.10 Å². The molecular weight excluding hydrogens is 422 g/mol. The number of halogens is 1. The Morgan fingerprint density at radius 3 is 2.79 bits per heavy atom. The number of ether oxygens (including phenoxy) is 1. The van der Waals surface area contributed by atoms with E-state index in [0.29, 0.717) is 11.7 Å². The van der Waals surface area contributed by atoms with Crippen LogP contribution in [0, 0.1) is 20.8 Å². The lowest BCUT2D eigenvalue weighted by molar-refractivity contribution is -0.127. The molecular formula is C21H22BrN3O3. The van der Waals surface area contributed by atoms with Crippen molar-refractivity contribution in [2.75, 3.05) is 0 Å². The fraction of sp³-hybridized carbons (Fsp3) is 0.286. The maximum absolute atomic E-state index is 12.4. The molecule has 1 heterocycles. The van der Waals surface area contributed by atoms with E-state index in [0.717, 1.165) is 32.5 Å². The molecule has 7 heteroatoms. The van der Waals surface area contributed by atoms with Crippen molar-refractivity contribution in [3.63, 3.8) is 0 Å². The molecule has 1 N–H and O–H groups in total. The highest BCUT2D eigenvalue weighted by Gasteiger charge is 2.18. The summed E-state index contributed by atoms with van der Waals surface area (Å²) < 4.78 is 12.0. The van der Waals surface area contributed by atoms with Gasteiger partial charge in [0.1, 0.15) is 5.75 Å². The van der Waals surface area contributed by atoms with Gasteiger partial charge in [0.05, 0.1) is 6.54 Å². The summed E-state index contributed by atoms with van der Waals surface area (Å²) in [4.78, 5) is 16.7. The zero-order valence-electron chi connectivity index (χ0n) is 16.2. The molecule has 0 aliphatic rings. The lowest BCUT2D eigenvalue weighted by Gasteiger charge is -2.17. The first-order chi connectivity index (χ1) is 13.3. The van der Waals surface area contributed by atoms with E-state index in [1.54, 1.807) is 6.92 Å². The van der Waals surface area contributed by atoms with Crippen molar-refractivity contribution in [3.8, 4) is 17.1 Å². The van der Waals surface area contributed by atoms with Gasteiger partial charge in [-0.2, -0.15) is 4.98 Å². The molecule has 0 aliphatic heterocycles. The Bertz CT molecular complexity index is 1000. The Morgan fingerprint density at radius 2 is 2.04 bits per heavy atom. The molecule has 1 atom stereocenters. The van der Waals surface area contributed by atoms with E-state index >= 15 is 0 Å². The summed E-state index contributed by atoms with van der Waals surface area (Å²) in [6.07, 6.45) is -0.646. The molecule has 1 amide bonds. The summed E-state index contributed by atoms with van der Waals surface area (Å²) in [7, 11) is 0. The molecule has 0 aliphatic carbocycles. The standard InChI is InChI=1S/C21H22BrN3O3/c1-12-8-13(2)14(3)18(9-12)27-15(4)21(26)23-11-19-24-20(25-28-19)16-6-5-7-17(22)10-16/h5-10,15H,11H2,1-4H3,(H,23,26). The zero-order valence-corrected chi connectivity index (χ0v) is 17.8. The third-order valence-electron chi connectivity index (χ3n) is 4.40. The quantitative estimate of drug-likeness (QED) is 0.606. The van der Waals surface area contributed by atoms with Crippen LogP contribution >= 0.6 is 15.9 Å². The van der Waals surface area contributed by atoms with Crippen molar-refractivity contribution in [1.29, 1.82) is 0 Å². The largest absolute Gasteiger partial charge is 0.481 e. The van der Waals surface area contributed by atoms with E-state index in [-0.39, 0.29) is 12.5 Å². The first kappa shape index (κ1) is 20.1. The molecule has 6 nitrogen and oxygen atoms in total. The van der Waals surface area contributed by atoms with Crippen LogP contribution in [0.1, 0.15) is 29.5 Å². The summed E-state index contributed by atoms with van der Waals surface area (Å²) in [6.45, 7) is 7.87.